The number of para-hydroxylation sites is 1. The largest absolute Gasteiger partial charge is 0.326 e. The third-order valence-corrected chi connectivity index (χ3v) is 3.43. The van der Waals surface area contributed by atoms with Crippen molar-refractivity contribution in [1.29, 1.82) is 0 Å². The van der Waals surface area contributed by atoms with Gasteiger partial charge < -0.3 is 15.5 Å². The lowest BCUT2D eigenvalue weighted by atomic mass is 10.3. The Hall–Kier alpha value is -3.33. The first kappa shape index (κ1) is 20.0. The Labute approximate surface area is 154 Å². The normalized spacial score (nSPS) is 11.4. The fourth-order valence-electron chi connectivity index (χ4n) is 2.24. The van der Waals surface area contributed by atoms with Gasteiger partial charge >= 0.3 is 6.03 Å². The highest BCUT2D eigenvalue weighted by Gasteiger charge is 2.17. The Morgan fingerprint density at radius 2 is 1.52 bits per heavy atom. The quantitative estimate of drug-likeness (QED) is 0.599. The Kier molecular flexibility index (Phi) is 6.95. The SMILES string of the molecule is C[NH+](CC(=O)NC(=O)Nc1ccccc1F)CC(=O)Nc1ccc(F)cc1. The molecule has 0 aliphatic heterocycles. The molecule has 0 aliphatic carbocycles. The lowest BCUT2D eigenvalue weighted by molar-refractivity contribution is -0.862. The molecule has 2 aromatic carbocycles. The van der Waals surface area contributed by atoms with E-state index in [0.717, 1.165) is 0 Å². The van der Waals surface area contributed by atoms with Crippen LogP contribution in [0.3, 0.4) is 0 Å². The molecular formula is C18H19F2N4O3+. The van der Waals surface area contributed by atoms with Gasteiger partial charge in [0.25, 0.3) is 11.8 Å². The summed E-state index contributed by atoms with van der Waals surface area (Å²) in [7, 11) is 1.60. The van der Waals surface area contributed by atoms with Crippen molar-refractivity contribution in [3.8, 4) is 0 Å². The number of rotatable bonds is 6. The topological polar surface area (TPSA) is 91.7 Å². The van der Waals surface area contributed by atoms with Crippen LogP contribution in [0.4, 0.5) is 25.0 Å². The summed E-state index contributed by atoms with van der Waals surface area (Å²) in [6.07, 6.45) is 0. The molecule has 9 heteroatoms. The van der Waals surface area contributed by atoms with E-state index in [0.29, 0.717) is 10.6 Å². The van der Waals surface area contributed by atoms with E-state index in [9.17, 15) is 23.2 Å². The number of benzene rings is 2. The number of likely N-dealkylation sites (N-methyl/N-ethyl adjacent to an activating group) is 1. The highest BCUT2D eigenvalue weighted by atomic mass is 19.1. The van der Waals surface area contributed by atoms with Crippen molar-refractivity contribution in [2.24, 2.45) is 0 Å². The van der Waals surface area contributed by atoms with Crippen molar-refractivity contribution in [3.05, 3.63) is 60.2 Å². The molecule has 0 fully saturated rings. The molecule has 0 aliphatic rings. The molecule has 2 aromatic rings. The monoisotopic (exact) mass is 377 g/mol. The number of nitrogens with one attached hydrogen (secondary N) is 4. The zero-order chi connectivity index (χ0) is 19.8. The number of carbonyl (C=O) groups is 3. The van der Waals surface area contributed by atoms with E-state index in [2.05, 4.69) is 16.0 Å². The smallest absolute Gasteiger partial charge is 0.322 e. The molecule has 0 bridgehead atoms. The van der Waals surface area contributed by atoms with Gasteiger partial charge in [-0.15, -0.1) is 0 Å². The third kappa shape index (κ3) is 6.83. The van der Waals surface area contributed by atoms with E-state index in [1.54, 1.807) is 7.05 Å². The number of quaternary nitrogens is 1. The molecule has 1 unspecified atom stereocenters. The second kappa shape index (κ2) is 9.39. The summed E-state index contributed by atoms with van der Waals surface area (Å²) in [5.74, 6) is -2.04. The summed E-state index contributed by atoms with van der Waals surface area (Å²) in [6, 6.07) is 9.95. The van der Waals surface area contributed by atoms with Crippen molar-refractivity contribution < 1.29 is 28.1 Å². The van der Waals surface area contributed by atoms with Crippen LogP contribution in [0, 0.1) is 11.6 Å². The summed E-state index contributed by atoms with van der Waals surface area (Å²) in [5, 5.41) is 6.87. The average Bonchev–Trinajstić information content (AvgIpc) is 2.58. The molecule has 0 radical (unpaired) electrons. The van der Waals surface area contributed by atoms with Gasteiger partial charge in [-0.25, -0.2) is 13.6 Å². The molecule has 27 heavy (non-hydrogen) atoms. The summed E-state index contributed by atoms with van der Waals surface area (Å²) in [6.45, 7) is -0.193. The number of anilines is 2. The molecule has 0 aromatic heterocycles. The van der Waals surface area contributed by atoms with Gasteiger partial charge in [-0.05, 0) is 36.4 Å². The molecule has 142 valence electrons. The third-order valence-electron chi connectivity index (χ3n) is 3.43. The summed E-state index contributed by atoms with van der Waals surface area (Å²) in [4.78, 5) is 36.0. The maximum atomic E-state index is 13.4. The fourth-order valence-corrected chi connectivity index (χ4v) is 2.24. The van der Waals surface area contributed by atoms with Gasteiger partial charge in [-0.3, -0.25) is 14.9 Å². The summed E-state index contributed by atoms with van der Waals surface area (Å²) >= 11 is 0. The predicted octanol–water partition coefficient (Wildman–Crippen LogP) is 0.766. The van der Waals surface area contributed by atoms with Crippen LogP contribution < -0.4 is 20.9 Å². The molecule has 2 rings (SSSR count). The van der Waals surface area contributed by atoms with E-state index in [1.807, 2.05) is 0 Å². The van der Waals surface area contributed by atoms with Gasteiger partial charge in [-0.1, -0.05) is 12.1 Å². The van der Waals surface area contributed by atoms with E-state index >= 15 is 0 Å². The van der Waals surface area contributed by atoms with Crippen molar-refractivity contribution in [2.75, 3.05) is 30.8 Å². The average molecular weight is 377 g/mol. The molecule has 1 atom stereocenters. The first-order chi connectivity index (χ1) is 12.8. The highest BCUT2D eigenvalue weighted by molar-refractivity contribution is 6.01. The van der Waals surface area contributed by atoms with Crippen molar-refractivity contribution in [2.45, 2.75) is 0 Å². The van der Waals surface area contributed by atoms with Gasteiger partial charge in [0.2, 0.25) is 0 Å². The number of halogens is 2. The van der Waals surface area contributed by atoms with Crippen LogP contribution in [-0.4, -0.2) is 38.0 Å². The van der Waals surface area contributed by atoms with Crippen LogP contribution in [0.25, 0.3) is 0 Å². The van der Waals surface area contributed by atoms with Crippen molar-refractivity contribution in [3.63, 3.8) is 0 Å². The molecule has 0 saturated heterocycles. The minimum atomic E-state index is -0.867. The zero-order valence-corrected chi connectivity index (χ0v) is 14.5. The first-order valence-electron chi connectivity index (χ1n) is 8.05. The Balaban J connectivity index is 1.75. The van der Waals surface area contributed by atoms with E-state index < -0.39 is 23.6 Å². The predicted molar refractivity (Wildman–Crippen MR) is 95.2 cm³/mol. The lowest BCUT2D eigenvalue weighted by Crippen LogP contribution is -3.11. The number of hydrogen-bond donors (Lipinski definition) is 4. The lowest BCUT2D eigenvalue weighted by Gasteiger charge is -2.13. The van der Waals surface area contributed by atoms with E-state index in [-0.39, 0.29) is 24.7 Å². The molecule has 0 heterocycles. The second-order valence-corrected chi connectivity index (χ2v) is 5.85. The molecule has 4 amide bonds. The number of hydrogen-bond acceptors (Lipinski definition) is 3. The van der Waals surface area contributed by atoms with Gasteiger partial charge in [0, 0.05) is 5.69 Å². The van der Waals surface area contributed by atoms with E-state index in [4.69, 9.17) is 0 Å². The number of imide groups is 1. The van der Waals surface area contributed by atoms with Crippen LogP contribution in [0.1, 0.15) is 0 Å². The van der Waals surface area contributed by atoms with Crippen molar-refractivity contribution in [1.82, 2.24) is 5.32 Å². The van der Waals surface area contributed by atoms with Crippen LogP contribution >= 0.6 is 0 Å². The molecule has 0 spiro atoms. The van der Waals surface area contributed by atoms with Crippen LogP contribution in [-0.2, 0) is 9.59 Å². The number of carbonyl (C=O) groups excluding carboxylic acids is 3. The molecule has 7 nitrogen and oxygen atoms in total. The summed E-state index contributed by atoms with van der Waals surface area (Å²) < 4.78 is 26.3. The number of urea groups is 1. The second-order valence-electron chi connectivity index (χ2n) is 5.85. The fraction of sp³-hybridized carbons (Fsp3) is 0.167. The van der Waals surface area contributed by atoms with Gasteiger partial charge in [0.1, 0.15) is 11.6 Å². The van der Waals surface area contributed by atoms with Crippen LogP contribution in [0.5, 0.6) is 0 Å². The van der Waals surface area contributed by atoms with Crippen molar-refractivity contribution >= 4 is 29.2 Å². The Morgan fingerprint density at radius 3 is 2.19 bits per heavy atom. The highest BCUT2D eigenvalue weighted by Crippen LogP contribution is 2.11. The minimum absolute atomic E-state index is 0.0419. The van der Waals surface area contributed by atoms with Crippen LogP contribution in [0.2, 0.25) is 0 Å². The summed E-state index contributed by atoms with van der Waals surface area (Å²) in [5.41, 5.74) is 0.380. The van der Waals surface area contributed by atoms with E-state index in [1.165, 1.54) is 48.5 Å². The molecule has 4 N–H and O–H groups in total. The maximum absolute atomic E-state index is 13.4. The molecular weight excluding hydrogens is 358 g/mol. The van der Waals surface area contributed by atoms with Gasteiger partial charge in [0.15, 0.2) is 13.1 Å². The molecule has 0 saturated carbocycles. The maximum Gasteiger partial charge on any atom is 0.326 e. The minimum Gasteiger partial charge on any atom is -0.322 e. The Bertz CT molecular complexity index is 828. The zero-order valence-electron chi connectivity index (χ0n) is 14.5. The standard InChI is InChI=1S/C18H18F2N4O3/c1-24(10-16(25)21-13-8-6-12(19)7-9-13)11-17(26)23-18(27)22-15-5-3-2-4-14(15)20/h2-9H,10-11H2,1H3,(H,21,25)(H2,22,23,26,27)/p+1. The van der Waals surface area contributed by atoms with Gasteiger partial charge in [0.05, 0.1) is 12.7 Å². The van der Waals surface area contributed by atoms with Gasteiger partial charge in [-0.2, -0.15) is 0 Å². The number of amides is 4. The Morgan fingerprint density at radius 1 is 0.889 bits per heavy atom. The first-order valence-corrected chi connectivity index (χ1v) is 8.05. The van der Waals surface area contributed by atoms with Crippen LogP contribution in [0.15, 0.2) is 48.5 Å².